The second-order valence-electron chi connectivity index (χ2n) is 6.10. The van der Waals surface area contributed by atoms with Crippen molar-refractivity contribution in [3.63, 3.8) is 0 Å². The second-order valence-corrected chi connectivity index (χ2v) is 9.65. The summed E-state index contributed by atoms with van der Waals surface area (Å²) in [5.74, 6) is -0.652. The monoisotopic (exact) mass is 502 g/mol. The summed E-state index contributed by atoms with van der Waals surface area (Å²) < 4.78 is 27.5. The van der Waals surface area contributed by atoms with Gasteiger partial charge in [0.2, 0.25) is 5.91 Å². The van der Waals surface area contributed by atoms with Gasteiger partial charge in [-0.2, -0.15) is 0 Å². The van der Waals surface area contributed by atoms with Gasteiger partial charge in [0.15, 0.2) is 0 Å². The summed E-state index contributed by atoms with van der Waals surface area (Å²) >= 11 is 24.3. The van der Waals surface area contributed by atoms with Crippen LogP contribution in [0.25, 0.3) is 0 Å². The zero-order valence-electron chi connectivity index (χ0n) is 15.2. The molecular weight excluding hydrogens is 490 g/mol. The lowest BCUT2D eigenvalue weighted by Gasteiger charge is -2.24. The molecule has 0 bridgehead atoms. The van der Waals surface area contributed by atoms with Crippen LogP contribution in [0.15, 0.2) is 71.6 Å². The number of carbonyl (C=O) groups excluding carboxylic acids is 1. The fraction of sp³-hybridized carbons (Fsp3) is 0.0500. The van der Waals surface area contributed by atoms with Gasteiger partial charge < -0.3 is 5.32 Å². The number of amides is 1. The Balaban J connectivity index is 2.01. The molecule has 0 spiro atoms. The van der Waals surface area contributed by atoms with E-state index in [4.69, 9.17) is 46.4 Å². The molecule has 0 unspecified atom stereocenters. The Morgan fingerprint density at radius 2 is 1.40 bits per heavy atom. The van der Waals surface area contributed by atoms with Crippen LogP contribution in [-0.4, -0.2) is 20.9 Å². The molecule has 3 aromatic carbocycles. The van der Waals surface area contributed by atoms with Crippen LogP contribution in [0.5, 0.6) is 0 Å². The van der Waals surface area contributed by atoms with Crippen LogP contribution >= 0.6 is 46.4 Å². The van der Waals surface area contributed by atoms with Crippen LogP contribution in [0.3, 0.4) is 0 Å². The molecule has 1 N–H and O–H groups in total. The van der Waals surface area contributed by atoms with Crippen molar-refractivity contribution >= 4 is 73.7 Å². The van der Waals surface area contributed by atoms with E-state index in [0.717, 1.165) is 4.31 Å². The predicted octanol–water partition coefficient (Wildman–Crippen LogP) is 6.13. The molecular formula is C20H14Cl4N2O3S. The molecule has 5 nitrogen and oxygen atoms in total. The van der Waals surface area contributed by atoms with E-state index >= 15 is 0 Å². The molecule has 0 radical (unpaired) electrons. The third-order valence-corrected chi connectivity index (χ3v) is 6.84. The number of nitrogens with one attached hydrogen (secondary N) is 1. The molecule has 0 fully saturated rings. The topological polar surface area (TPSA) is 66.5 Å². The molecule has 0 heterocycles. The summed E-state index contributed by atoms with van der Waals surface area (Å²) in [5.41, 5.74) is 0.323. The average Bonchev–Trinajstić information content (AvgIpc) is 2.69. The van der Waals surface area contributed by atoms with Crippen molar-refractivity contribution in [2.75, 3.05) is 16.2 Å². The second kappa shape index (κ2) is 9.45. The first-order chi connectivity index (χ1) is 14.2. The molecule has 3 rings (SSSR count). The van der Waals surface area contributed by atoms with Crippen molar-refractivity contribution in [3.05, 3.63) is 86.8 Å². The van der Waals surface area contributed by atoms with Gasteiger partial charge in [0.25, 0.3) is 10.0 Å². The Hall–Kier alpha value is -1.96. The molecule has 0 aromatic heterocycles. The number of benzene rings is 3. The van der Waals surface area contributed by atoms with Crippen molar-refractivity contribution < 1.29 is 13.2 Å². The van der Waals surface area contributed by atoms with E-state index in [-0.39, 0.29) is 36.4 Å². The minimum absolute atomic E-state index is 0.00433. The van der Waals surface area contributed by atoms with Crippen molar-refractivity contribution in [1.82, 2.24) is 0 Å². The Labute approximate surface area is 194 Å². The first kappa shape index (κ1) is 22.7. The van der Waals surface area contributed by atoms with Crippen LogP contribution in [-0.2, 0) is 14.8 Å². The Morgan fingerprint density at radius 1 is 0.833 bits per heavy atom. The smallest absolute Gasteiger partial charge is 0.264 e. The largest absolute Gasteiger partial charge is 0.322 e. The molecule has 0 saturated carbocycles. The van der Waals surface area contributed by atoms with Crippen molar-refractivity contribution in [2.24, 2.45) is 0 Å². The summed E-state index contributed by atoms with van der Waals surface area (Å²) in [6.45, 7) is -0.560. The van der Waals surface area contributed by atoms with Crippen LogP contribution in [0.2, 0.25) is 20.1 Å². The number of rotatable bonds is 6. The van der Waals surface area contributed by atoms with Gasteiger partial charge in [-0.05, 0) is 42.5 Å². The quantitative estimate of drug-likeness (QED) is 0.439. The van der Waals surface area contributed by atoms with E-state index in [1.54, 1.807) is 36.4 Å². The summed E-state index contributed by atoms with van der Waals surface area (Å²) in [6, 6.07) is 16.7. The number of sulfonamides is 1. The molecule has 0 saturated heterocycles. The van der Waals surface area contributed by atoms with Gasteiger partial charge >= 0.3 is 0 Å². The van der Waals surface area contributed by atoms with Crippen LogP contribution in [0, 0.1) is 0 Å². The number of hydrogen-bond donors (Lipinski definition) is 1. The first-order valence-corrected chi connectivity index (χ1v) is 11.4. The molecule has 0 atom stereocenters. The van der Waals surface area contributed by atoms with Gasteiger partial charge in [-0.25, -0.2) is 8.42 Å². The van der Waals surface area contributed by atoms with E-state index in [1.165, 1.54) is 30.3 Å². The number of halogens is 4. The highest BCUT2D eigenvalue weighted by molar-refractivity contribution is 7.92. The minimum atomic E-state index is -4.11. The van der Waals surface area contributed by atoms with E-state index in [0.29, 0.717) is 0 Å². The highest BCUT2D eigenvalue weighted by Crippen LogP contribution is 2.32. The van der Waals surface area contributed by atoms with Gasteiger partial charge in [0.1, 0.15) is 6.54 Å². The maximum atomic E-state index is 13.3. The maximum absolute atomic E-state index is 13.3. The molecule has 10 heteroatoms. The van der Waals surface area contributed by atoms with Gasteiger partial charge in [-0.3, -0.25) is 9.10 Å². The van der Waals surface area contributed by atoms with Crippen molar-refractivity contribution in [3.8, 4) is 0 Å². The molecule has 30 heavy (non-hydrogen) atoms. The molecule has 0 aliphatic carbocycles. The minimum Gasteiger partial charge on any atom is -0.322 e. The highest BCUT2D eigenvalue weighted by atomic mass is 35.5. The summed E-state index contributed by atoms with van der Waals surface area (Å²) in [6.07, 6.45) is 0. The standard InChI is InChI=1S/C20H14Cl4N2O3S/c21-13-9-14(22)11-15(10-13)26(30(28,29)16-5-2-1-3-6-16)12-19(27)25-20-17(23)7-4-8-18(20)24/h1-11H,12H2,(H,25,27). The van der Waals surface area contributed by atoms with Crippen LogP contribution in [0.4, 0.5) is 11.4 Å². The van der Waals surface area contributed by atoms with Gasteiger partial charge in [0, 0.05) is 10.0 Å². The molecule has 0 aliphatic heterocycles. The van der Waals surface area contributed by atoms with E-state index in [1.807, 2.05) is 0 Å². The molecule has 0 aliphatic rings. The van der Waals surface area contributed by atoms with Gasteiger partial charge in [-0.15, -0.1) is 0 Å². The lowest BCUT2D eigenvalue weighted by molar-refractivity contribution is -0.114. The zero-order valence-corrected chi connectivity index (χ0v) is 19.0. The Kier molecular flexibility index (Phi) is 7.16. The first-order valence-electron chi connectivity index (χ1n) is 8.46. The Morgan fingerprint density at radius 3 is 1.97 bits per heavy atom. The summed E-state index contributed by atoms with van der Waals surface area (Å²) in [5, 5.41) is 3.44. The number of carbonyl (C=O) groups is 1. The van der Waals surface area contributed by atoms with Crippen molar-refractivity contribution in [2.45, 2.75) is 4.90 Å². The normalized spacial score (nSPS) is 11.2. The number of hydrogen-bond acceptors (Lipinski definition) is 3. The van der Waals surface area contributed by atoms with Gasteiger partial charge in [-0.1, -0.05) is 70.7 Å². The number of anilines is 2. The van der Waals surface area contributed by atoms with Gasteiger partial charge in [0.05, 0.1) is 26.3 Å². The lowest BCUT2D eigenvalue weighted by Crippen LogP contribution is -2.38. The fourth-order valence-electron chi connectivity index (χ4n) is 2.64. The summed E-state index contributed by atoms with van der Waals surface area (Å²) in [4.78, 5) is 12.8. The lowest BCUT2D eigenvalue weighted by atomic mass is 10.3. The maximum Gasteiger partial charge on any atom is 0.264 e. The van der Waals surface area contributed by atoms with Crippen LogP contribution < -0.4 is 9.62 Å². The fourth-order valence-corrected chi connectivity index (χ4v) is 5.08. The van der Waals surface area contributed by atoms with E-state index in [9.17, 15) is 13.2 Å². The van der Waals surface area contributed by atoms with E-state index in [2.05, 4.69) is 5.32 Å². The van der Waals surface area contributed by atoms with Crippen LogP contribution in [0.1, 0.15) is 0 Å². The third kappa shape index (κ3) is 5.20. The number of nitrogens with zero attached hydrogens (tertiary/aromatic N) is 1. The number of para-hydroxylation sites is 1. The summed E-state index contributed by atoms with van der Waals surface area (Å²) in [7, 11) is -4.11. The zero-order chi connectivity index (χ0) is 21.9. The SMILES string of the molecule is O=C(CN(c1cc(Cl)cc(Cl)c1)S(=O)(=O)c1ccccc1)Nc1c(Cl)cccc1Cl. The molecule has 1 amide bonds. The van der Waals surface area contributed by atoms with E-state index < -0.39 is 22.5 Å². The third-order valence-electron chi connectivity index (χ3n) is 3.98. The Bertz CT molecular complexity index is 1150. The molecule has 3 aromatic rings. The average molecular weight is 504 g/mol. The predicted molar refractivity (Wildman–Crippen MR) is 123 cm³/mol. The molecule has 156 valence electrons. The highest BCUT2D eigenvalue weighted by Gasteiger charge is 2.28. The van der Waals surface area contributed by atoms with Crippen molar-refractivity contribution in [1.29, 1.82) is 0 Å².